The lowest BCUT2D eigenvalue weighted by Gasteiger charge is -2.33. The second-order valence-corrected chi connectivity index (χ2v) is 10.5. The van der Waals surface area contributed by atoms with Crippen molar-refractivity contribution in [3.05, 3.63) is 66.2 Å². The number of fused-ring (bicyclic) bond motifs is 5. The average Bonchev–Trinajstić information content (AvgIpc) is 3.55. The summed E-state index contributed by atoms with van der Waals surface area (Å²) in [5.74, 6) is 1.61. The van der Waals surface area contributed by atoms with Crippen molar-refractivity contribution in [2.24, 2.45) is 29.6 Å². The third-order valence-electron chi connectivity index (χ3n) is 8.32. The van der Waals surface area contributed by atoms with E-state index < -0.39 is 0 Å². The molecule has 3 aliphatic carbocycles. The van der Waals surface area contributed by atoms with E-state index in [1.165, 1.54) is 5.56 Å². The molecule has 180 valence electrons. The molecule has 6 nitrogen and oxygen atoms in total. The molecule has 4 atom stereocenters. The van der Waals surface area contributed by atoms with Crippen LogP contribution in [0.2, 0.25) is 0 Å². The molecule has 2 saturated carbocycles. The van der Waals surface area contributed by atoms with E-state index in [4.69, 9.17) is 4.74 Å². The van der Waals surface area contributed by atoms with Gasteiger partial charge in [0.2, 0.25) is 17.7 Å². The molecule has 6 heteroatoms. The Morgan fingerprint density at radius 2 is 1.37 bits per heavy atom. The molecule has 0 spiro atoms. The molecule has 0 unspecified atom stereocenters. The number of ether oxygens (including phenoxy) is 1. The highest BCUT2D eigenvalue weighted by Gasteiger charge is 2.60. The molecule has 6 rings (SSSR count). The molecule has 3 fully saturated rings. The van der Waals surface area contributed by atoms with Crippen LogP contribution in [0.1, 0.15) is 37.7 Å². The van der Waals surface area contributed by atoms with Crippen molar-refractivity contribution in [1.82, 2.24) is 4.90 Å². The molecule has 2 aromatic carbocycles. The van der Waals surface area contributed by atoms with Crippen molar-refractivity contribution < 1.29 is 19.1 Å². The van der Waals surface area contributed by atoms with Crippen LogP contribution in [0.3, 0.4) is 0 Å². The van der Waals surface area contributed by atoms with Crippen LogP contribution >= 0.6 is 0 Å². The zero-order valence-corrected chi connectivity index (χ0v) is 19.9. The van der Waals surface area contributed by atoms with Gasteiger partial charge in [0.15, 0.2) is 0 Å². The van der Waals surface area contributed by atoms with Crippen molar-refractivity contribution in [3.63, 3.8) is 0 Å². The minimum absolute atomic E-state index is 0.00570. The van der Waals surface area contributed by atoms with Gasteiger partial charge in [-0.3, -0.25) is 19.3 Å². The highest BCUT2D eigenvalue weighted by atomic mass is 16.5. The summed E-state index contributed by atoms with van der Waals surface area (Å²) in [4.78, 5) is 40.6. The van der Waals surface area contributed by atoms with Crippen LogP contribution in [0, 0.1) is 36.5 Å². The van der Waals surface area contributed by atoms with Gasteiger partial charge < -0.3 is 10.1 Å². The SMILES string of the molecule is Cc1ccc(Oc2ccc(NC(=O)C3CCC(N4C(=O)[C@H]5[C@H](C4=O)[C@H]4C=C[C@H]5C4)CC3)cc2)cc1. The van der Waals surface area contributed by atoms with Gasteiger partial charge in [-0.25, -0.2) is 0 Å². The van der Waals surface area contributed by atoms with E-state index in [9.17, 15) is 14.4 Å². The third kappa shape index (κ3) is 3.95. The lowest BCUT2D eigenvalue weighted by atomic mass is 9.84. The summed E-state index contributed by atoms with van der Waals surface area (Å²) in [6, 6.07) is 15.2. The first-order valence-electron chi connectivity index (χ1n) is 12.7. The van der Waals surface area contributed by atoms with Gasteiger partial charge in [-0.15, -0.1) is 0 Å². The number of likely N-dealkylation sites (tertiary alicyclic amines) is 1. The predicted octanol–water partition coefficient (Wildman–Crippen LogP) is 5.09. The van der Waals surface area contributed by atoms with Crippen molar-refractivity contribution >= 4 is 23.4 Å². The number of aryl methyl sites for hydroxylation is 1. The third-order valence-corrected chi connectivity index (χ3v) is 8.32. The Kier molecular flexibility index (Phi) is 5.47. The summed E-state index contributed by atoms with van der Waals surface area (Å²) in [5, 5.41) is 3.01. The molecule has 0 aromatic heterocycles. The number of imide groups is 1. The Morgan fingerprint density at radius 3 is 1.94 bits per heavy atom. The highest BCUT2D eigenvalue weighted by molar-refractivity contribution is 6.06. The smallest absolute Gasteiger partial charge is 0.233 e. The molecule has 1 heterocycles. The first kappa shape index (κ1) is 22.1. The van der Waals surface area contributed by atoms with Crippen LogP contribution < -0.4 is 10.1 Å². The number of carbonyl (C=O) groups excluding carboxylic acids is 3. The second kappa shape index (κ2) is 8.67. The molecule has 1 aliphatic heterocycles. The van der Waals surface area contributed by atoms with Crippen molar-refractivity contribution in [2.75, 3.05) is 5.32 Å². The molecule has 2 aromatic rings. The fourth-order valence-corrected chi connectivity index (χ4v) is 6.47. The summed E-state index contributed by atoms with van der Waals surface area (Å²) in [5.41, 5.74) is 1.91. The van der Waals surface area contributed by atoms with Crippen LogP contribution in [-0.4, -0.2) is 28.7 Å². The fourth-order valence-electron chi connectivity index (χ4n) is 6.47. The quantitative estimate of drug-likeness (QED) is 0.488. The van der Waals surface area contributed by atoms with E-state index in [0.717, 1.165) is 17.9 Å². The van der Waals surface area contributed by atoms with Crippen molar-refractivity contribution in [3.8, 4) is 11.5 Å². The Morgan fingerprint density at radius 1 is 0.829 bits per heavy atom. The van der Waals surface area contributed by atoms with Gasteiger partial charge in [0, 0.05) is 17.6 Å². The number of allylic oxidation sites excluding steroid dienone is 2. The number of benzene rings is 2. The Bertz CT molecular complexity index is 1150. The van der Waals surface area contributed by atoms with E-state index >= 15 is 0 Å². The maximum atomic E-state index is 13.1. The minimum atomic E-state index is -0.142. The number of hydrogen-bond acceptors (Lipinski definition) is 4. The number of nitrogens with one attached hydrogen (secondary N) is 1. The average molecular weight is 471 g/mol. The molecular weight excluding hydrogens is 440 g/mol. The largest absolute Gasteiger partial charge is 0.457 e. The first-order valence-corrected chi connectivity index (χ1v) is 12.7. The topological polar surface area (TPSA) is 75.7 Å². The standard InChI is InChI=1S/C29H30N2O4/c1-17-2-12-23(13-3-17)35-24-14-8-21(9-15-24)30-27(32)18-6-10-22(11-7-18)31-28(33)25-19-4-5-20(16-19)26(25)29(31)34/h2-5,8-9,12-15,18-20,22,25-26H,6-7,10-11,16H2,1H3,(H,30,32)/t18?,19-,20-,22?,25+,26+/m0/s1. The van der Waals surface area contributed by atoms with Crippen LogP contribution in [0.15, 0.2) is 60.7 Å². The Hall–Kier alpha value is -3.41. The Labute approximate surface area is 205 Å². The van der Waals surface area contributed by atoms with E-state index in [1.54, 1.807) is 4.90 Å². The van der Waals surface area contributed by atoms with Crippen LogP contribution in [0.4, 0.5) is 5.69 Å². The molecule has 4 aliphatic rings. The van der Waals surface area contributed by atoms with E-state index in [-0.39, 0.29) is 53.4 Å². The molecule has 1 saturated heterocycles. The summed E-state index contributed by atoms with van der Waals surface area (Å²) >= 11 is 0. The maximum Gasteiger partial charge on any atom is 0.233 e. The van der Waals surface area contributed by atoms with E-state index in [0.29, 0.717) is 31.4 Å². The number of anilines is 1. The van der Waals surface area contributed by atoms with Gasteiger partial charge in [0.25, 0.3) is 0 Å². The van der Waals surface area contributed by atoms with Crippen LogP contribution in [-0.2, 0) is 14.4 Å². The minimum Gasteiger partial charge on any atom is -0.457 e. The van der Waals surface area contributed by atoms with Gasteiger partial charge in [0.05, 0.1) is 11.8 Å². The van der Waals surface area contributed by atoms with Crippen LogP contribution in [0.5, 0.6) is 11.5 Å². The monoisotopic (exact) mass is 470 g/mol. The number of hydrogen-bond donors (Lipinski definition) is 1. The predicted molar refractivity (Wildman–Crippen MR) is 132 cm³/mol. The maximum absolute atomic E-state index is 13.1. The summed E-state index contributed by atoms with van der Waals surface area (Å²) in [6.07, 6.45) is 7.96. The van der Waals surface area contributed by atoms with Gasteiger partial charge in [-0.2, -0.15) is 0 Å². The summed E-state index contributed by atoms with van der Waals surface area (Å²) < 4.78 is 5.86. The highest BCUT2D eigenvalue weighted by Crippen LogP contribution is 2.53. The van der Waals surface area contributed by atoms with Gasteiger partial charge in [-0.05, 0) is 87.3 Å². The number of carbonyl (C=O) groups is 3. The zero-order chi connectivity index (χ0) is 24.1. The zero-order valence-electron chi connectivity index (χ0n) is 19.9. The number of amides is 3. The molecule has 1 N–H and O–H groups in total. The Balaban J connectivity index is 1.02. The molecule has 0 radical (unpaired) electrons. The van der Waals surface area contributed by atoms with Crippen molar-refractivity contribution in [2.45, 2.75) is 45.1 Å². The molecule has 2 bridgehead atoms. The van der Waals surface area contributed by atoms with E-state index in [1.807, 2.05) is 55.5 Å². The lowest BCUT2D eigenvalue weighted by molar-refractivity contribution is -0.144. The summed E-state index contributed by atoms with van der Waals surface area (Å²) in [7, 11) is 0. The second-order valence-electron chi connectivity index (χ2n) is 10.5. The molecular formula is C29H30N2O4. The first-order chi connectivity index (χ1) is 17.0. The van der Waals surface area contributed by atoms with Gasteiger partial charge in [-0.1, -0.05) is 29.8 Å². The van der Waals surface area contributed by atoms with Gasteiger partial charge in [0.1, 0.15) is 11.5 Å². The summed E-state index contributed by atoms with van der Waals surface area (Å²) in [6.45, 7) is 2.03. The lowest BCUT2D eigenvalue weighted by Crippen LogP contribution is -2.44. The normalized spacial score (nSPS) is 31.1. The van der Waals surface area contributed by atoms with Crippen molar-refractivity contribution in [1.29, 1.82) is 0 Å². The molecule has 3 amide bonds. The van der Waals surface area contributed by atoms with Crippen LogP contribution in [0.25, 0.3) is 0 Å². The fraction of sp³-hybridized carbons (Fsp3) is 0.414. The number of nitrogens with zero attached hydrogens (tertiary/aromatic N) is 1. The molecule has 35 heavy (non-hydrogen) atoms. The van der Waals surface area contributed by atoms with Gasteiger partial charge >= 0.3 is 0 Å². The number of rotatable bonds is 5. The van der Waals surface area contributed by atoms with E-state index in [2.05, 4.69) is 17.5 Å².